The van der Waals surface area contributed by atoms with Crippen LogP contribution in [-0.4, -0.2) is 37.5 Å². The van der Waals surface area contributed by atoms with Crippen molar-refractivity contribution in [1.82, 2.24) is 5.43 Å². The quantitative estimate of drug-likeness (QED) is 0.505. The van der Waals surface area contributed by atoms with E-state index in [-0.39, 0.29) is 18.2 Å². The molecule has 2 aromatic rings. The molecule has 0 aliphatic carbocycles. The van der Waals surface area contributed by atoms with Crippen molar-refractivity contribution in [3.05, 3.63) is 48.0 Å². The number of aromatic hydroxyl groups is 1. The number of ether oxygens (including phenoxy) is 2. The van der Waals surface area contributed by atoms with Crippen LogP contribution in [0, 0.1) is 0 Å². The molecule has 1 amide bonds. The number of nitrogens with one attached hydrogen (secondary N) is 2. The maximum Gasteiger partial charge on any atom is 0.259 e. The average molecular weight is 343 g/mol. The molecule has 0 heterocycles. The molecule has 0 atom stereocenters. The number of methoxy groups -OCH3 is 1. The van der Waals surface area contributed by atoms with E-state index in [1.54, 1.807) is 12.1 Å². The summed E-state index contributed by atoms with van der Waals surface area (Å²) in [6.07, 6.45) is 1.47. The van der Waals surface area contributed by atoms with Gasteiger partial charge in [0.15, 0.2) is 11.5 Å². The molecule has 0 radical (unpaired) electrons. The largest absolute Gasteiger partial charge is 0.504 e. The van der Waals surface area contributed by atoms with E-state index < -0.39 is 0 Å². The van der Waals surface area contributed by atoms with Crippen molar-refractivity contribution < 1.29 is 19.4 Å². The van der Waals surface area contributed by atoms with Crippen LogP contribution in [0.5, 0.6) is 17.2 Å². The monoisotopic (exact) mass is 343 g/mol. The summed E-state index contributed by atoms with van der Waals surface area (Å²) in [6, 6.07) is 12.1. The van der Waals surface area contributed by atoms with Gasteiger partial charge in [-0.2, -0.15) is 5.10 Å². The van der Waals surface area contributed by atoms with E-state index in [1.165, 1.54) is 19.4 Å². The number of rotatable bonds is 8. The number of hydrogen-bond acceptors (Lipinski definition) is 6. The van der Waals surface area contributed by atoms with Gasteiger partial charge >= 0.3 is 0 Å². The molecule has 25 heavy (non-hydrogen) atoms. The first-order valence-corrected chi connectivity index (χ1v) is 7.78. The normalized spacial score (nSPS) is 10.5. The van der Waals surface area contributed by atoms with Gasteiger partial charge in [-0.3, -0.25) is 4.79 Å². The van der Waals surface area contributed by atoms with Gasteiger partial charge in [-0.25, -0.2) is 5.43 Å². The molecule has 0 saturated carbocycles. The van der Waals surface area contributed by atoms with E-state index in [4.69, 9.17) is 9.47 Å². The average Bonchev–Trinajstić information content (AvgIpc) is 2.63. The summed E-state index contributed by atoms with van der Waals surface area (Å²) in [5, 5.41) is 16.4. The molecule has 0 fully saturated rings. The van der Waals surface area contributed by atoms with Crippen molar-refractivity contribution in [3.8, 4) is 17.2 Å². The molecule has 0 aliphatic heterocycles. The molecule has 132 valence electrons. The van der Waals surface area contributed by atoms with E-state index in [0.29, 0.717) is 17.9 Å². The zero-order valence-electron chi connectivity index (χ0n) is 14.2. The molecule has 7 nitrogen and oxygen atoms in total. The first kappa shape index (κ1) is 18.1. The fourth-order valence-corrected chi connectivity index (χ4v) is 2.01. The lowest BCUT2D eigenvalue weighted by atomic mass is 10.2. The Morgan fingerprint density at radius 3 is 2.68 bits per heavy atom. The van der Waals surface area contributed by atoms with E-state index in [9.17, 15) is 9.90 Å². The Labute approximate surface area is 146 Å². The Morgan fingerprint density at radius 1 is 1.24 bits per heavy atom. The molecule has 3 N–H and O–H groups in total. The van der Waals surface area contributed by atoms with Gasteiger partial charge in [-0.05, 0) is 55.0 Å². The number of phenols is 1. The second-order valence-corrected chi connectivity index (χ2v) is 5.04. The lowest BCUT2D eigenvalue weighted by Gasteiger charge is -2.07. The number of benzene rings is 2. The predicted molar refractivity (Wildman–Crippen MR) is 96.5 cm³/mol. The summed E-state index contributed by atoms with van der Waals surface area (Å²) in [7, 11) is 1.46. The van der Waals surface area contributed by atoms with Crippen molar-refractivity contribution in [1.29, 1.82) is 0 Å². The maximum absolute atomic E-state index is 11.8. The van der Waals surface area contributed by atoms with Crippen molar-refractivity contribution in [2.75, 3.05) is 25.6 Å². The molecular formula is C18H21N3O4. The minimum Gasteiger partial charge on any atom is -0.504 e. The van der Waals surface area contributed by atoms with Gasteiger partial charge in [0.1, 0.15) is 5.75 Å². The SMILES string of the molecule is CCOc1ccc(NCC(=O)N/N=C/c2ccc(O)c(OC)c2)cc1. The van der Waals surface area contributed by atoms with E-state index in [1.807, 2.05) is 31.2 Å². The molecule has 0 unspecified atom stereocenters. The van der Waals surface area contributed by atoms with Crippen LogP contribution in [0.4, 0.5) is 5.69 Å². The van der Waals surface area contributed by atoms with Crippen LogP contribution in [0.2, 0.25) is 0 Å². The molecule has 0 bridgehead atoms. The Morgan fingerprint density at radius 2 is 2.00 bits per heavy atom. The summed E-state index contributed by atoms with van der Waals surface area (Å²) < 4.78 is 10.4. The van der Waals surface area contributed by atoms with Crippen molar-refractivity contribution in [3.63, 3.8) is 0 Å². The second-order valence-electron chi connectivity index (χ2n) is 5.04. The Kier molecular flexibility index (Phi) is 6.65. The van der Waals surface area contributed by atoms with Gasteiger partial charge in [0.2, 0.25) is 0 Å². The zero-order valence-corrected chi connectivity index (χ0v) is 14.2. The molecule has 0 saturated heterocycles. The highest BCUT2D eigenvalue weighted by atomic mass is 16.5. The number of nitrogens with zero attached hydrogens (tertiary/aromatic N) is 1. The summed E-state index contributed by atoms with van der Waals surface area (Å²) in [5.74, 6) is 0.887. The first-order chi connectivity index (χ1) is 12.1. The minimum absolute atomic E-state index is 0.0447. The number of carbonyl (C=O) groups is 1. The Hall–Kier alpha value is -3.22. The van der Waals surface area contributed by atoms with Crippen LogP contribution in [0.3, 0.4) is 0 Å². The smallest absolute Gasteiger partial charge is 0.259 e. The number of hydrazone groups is 1. The third kappa shape index (κ3) is 5.72. The Bertz CT molecular complexity index is 730. The molecule has 2 rings (SSSR count). The molecule has 0 spiro atoms. The fourth-order valence-electron chi connectivity index (χ4n) is 2.01. The summed E-state index contributed by atoms with van der Waals surface area (Å²) in [6.45, 7) is 2.62. The highest BCUT2D eigenvalue weighted by Crippen LogP contribution is 2.25. The first-order valence-electron chi connectivity index (χ1n) is 7.78. The van der Waals surface area contributed by atoms with Crippen LogP contribution in [0.1, 0.15) is 12.5 Å². The second kappa shape index (κ2) is 9.17. The van der Waals surface area contributed by atoms with Gasteiger partial charge < -0.3 is 19.9 Å². The van der Waals surface area contributed by atoms with Crippen LogP contribution >= 0.6 is 0 Å². The number of phenolic OH excluding ortho intramolecular Hbond substituents is 1. The topological polar surface area (TPSA) is 92.2 Å². The summed E-state index contributed by atoms with van der Waals surface area (Å²) in [5.41, 5.74) is 3.93. The molecule has 0 aromatic heterocycles. The molecular weight excluding hydrogens is 322 g/mol. The molecule has 7 heteroatoms. The van der Waals surface area contributed by atoms with Gasteiger partial charge in [0.25, 0.3) is 5.91 Å². The van der Waals surface area contributed by atoms with Crippen molar-refractivity contribution in [2.24, 2.45) is 5.10 Å². The van der Waals surface area contributed by atoms with Crippen LogP contribution in [0.25, 0.3) is 0 Å². The zero-order chi connectivity index (χ0) is 18.1. The maximum atomic E-state index is 11.8. The van der Waals surface area contributed by atoms with Crippen LogP contribution in [-0.2, 0) is 4.79 Å². The molecule has 2 aromatic carbocycles. The minimum atomic E-state index is -0.282. The van der Waals surface area contributed by atoms with Crippen LogP contribution < -0.4 is 20.2 Å². The van der Waals surface area contributed by atoms with Gasteiger partial charge in [0, 0.05) is 5.69 Å². The summed E-state index contributed by atoms with van der Waals surface area (Å²) in [4.78, 5) is 11.8. The van der Waals surface area contributed by atoms with Crippen molar-refractivity contribution in [2.45, 2.75) is 6.92 Å². The third-order valence-corrected chi connectivity index (χ3v) is 3.23. The lowest BCUT2D eigenvalue weighted by Crippen LogP contribution is -2.25. The lowest BCUT2D eigenvalue weighted by molar-refractivity contribution is -0.119. The van der Waals surface area contributed by atoms with Gasteiger partial charge in [-0.1, -0.05) is 0 Å². The third-order valence-electron chi connectivity index (χ3n) is 3.23. The number of amides is 1. The van der Waals surface area contributed by atoms with Crippen LogP contribution in [0.15, 0.2) is 47.6 Å². The summed E-state index contributed by atoms with van der Waals surface area (Å²) >= 11 is 0. The number of carbonyl (C=O) groups excluding carboxylic acids is 1. The highest BCUT2D eigenvalue weighted by Gasteiger charge is 2.02. The van der Waals surface area contributed by atoms with E-state index in [2.05, 4.69) is 15.8 Å². The van der Waals surface area contributed by atoms with Gasteiger partial charge in [-0.15, -0.1) is 0 Å². The van der Waals surface area contributed by atoms with Crippen molar-refractivity contribution >= 4 is 17.8 Å². The fraction of sp³-hybridized carbons (Fsp3) is 0.222. The number of anilines is 1. The van der Waals surface area contributed by atoms with Gasteiger partial charge in [0.05, 0.1) is 26.5 Å². The molecule has 0 aliphatic rings. The van der Waals surface area contributed by atoms with E-state index in [0.717, 1.165) is 11.4 Å². The number of hydrogen-bond donors (Lipinski definition) is 3. The standard InChI is InChI=1S/C18H21N3O4/c1-3-25-15-7-5-14(6-8-15)19-12-18(23)21-20-11-13-4-9-16(22)17(10-13)24-2/h4-11,19,22H,3,12H2,1-2H3,(H,21,23)/b20-11+. The van der Waals surface area contributed by atoms with E-state index >= 15 is 0 Å². The Balaban J connectivity index is 1.80. The predicted octanol–water partition coefficient (Wildman–Crippen LogP) is 2.36. The highest BCUT2D eigenvalue weighted by molar-refractivity contribution is 5.84.